The molecule has 0 spiro atoms. The highest BCUT2D eigenvalue weighted by Crippen LogP contribution is 2.47. The number of thiazole rings is 1. The Morgan fingerprint density at radius 3 is 2.58 bits per heavy atom. The maximum atomic E-state index is 5.42. The number of allylic oxidation sites excluding steroid dienone is 6. The molecule has 2 aliphatic carbocycles. The SMILES string of the molecule is COc1ccc2c(c1)S/C(=C\C1=CC3=C/C(=C/c4sc5cc(OC)ccc5[n+]4C)CCC3CC1)N2C. The number of hydrogen-bond donors (Lipinski definition) is 0. The fourth-order valence-electron chi connectivity index (χ4n) is 5.37. The summed E-state index contributed by atoms with van der Waals surface area (Å²) >= 11 is 3.66. The second kappa shape index (κ2) is 9.49. The number of aryl methyl sites for hydroxylation is 1. The van der Waals surface area contributed by atoms with E-state index in [9.17, 15) is 0 Å². The van der Waals surface area contributed by atoms with Crippen LogP contribution in [0, 0.1) is 5.92 Å². The fraction of sp³-hybridized carbons (Fsp3) is 0.300. The molecular formula is C30H31N2O2S2+. The van der Waals surface area contributed by atoms with Gasteiger partial charge in [0.2, 0.25) is 5.52 Å². The molecule has 1 aromatic heterocycles. The summed E-state index contributed by atoms with van der Waals surface area (Å²) in [5, 5.41) is 2.56. The van der Waals surface area contributed by atoms with Crippen LogP contribution >= 0.6 is 23.1 Å². The normalized spacial score (nSPS) is 21.4. The Morgan fingerprint density at radius 1 is 0.972 bits per heavy atom. The molecule has 1 atom stereocenters. The first-order valence-electron chi connectivity index (χ1n) is 12.4. The Bertz CT molecular complexity index is 1480. The predicted octanol–water partition coefficient (Wildman–Crippen LogP) is 7.27. The average molecular weight is 516 g/mol. The number of rotatable bonds is 4. The highest BCUT2D eigenvalue weighted by atomic mass is 32.2. The Hall–Kier alpha value is -2.96. The third-order valence-corrected chi connectivity index (χ3v) is 9.80. The van der Waals surface area contributed by atoms with E-state index < -0.39 is 0 Å². The van der Waals surface area contributed by atoms with Crippen LogP contribution in [-0.4, -0.2) is 21.3 Å². The van der Waals surface area contributed by atoms with Crippen LogP contribution in [0.4, 0.5) is 5.69 Å². The van der Waals surface area contributed by atoms with Crippen LogP contribution in [-0.2, 0) is 7.05 Å². The minimum absolute atomic E-state index is 0.681. The van der Waals surface area contributed by atoms with Gasteiger partial charge in [0.05, 0.1) is 24.9 Å². The lowest BCUT2D eigenvalue weighted by Gasteiger charge is -2.28. The first kappa shape index (κ1) is 23.4. The molecule has 2 heterocycles. The van der Waals surface area contributed by atoms with Crippen molar-refractivity contribution in [1.82, 2.24) is 0 Å². The number of fused-ring (bicyclic) bond motifs is 3. The van der Waals surface area contributed by atoms with Gasteiger partial charge >= 0.3 is 0 Å². The molecule has 3 aromatic rings. The van der Waals surface area contributed by atoms with E-state index in [1.54, 1.807) is 14.2 Å². The number of thioether (sulfide) groups is 1. The highest BCUT2D eigenvalue weighted by molar-refractivity contribution is 8.03. The molecule has 0 amide bonds. The van der Waals surface area contributed by atoms with Crippen LogP contribution in [0.15, 0.2) is 81.3 Å². The van der Waals surface area contributed by atoms with Crippen LogP contribution in [0.5, 0.6) is 11.5 Å². The third-order valence-electron chi connectivity index (χ3n) is 7.50. The summed E-state index contributed by atoms with van der Waals surface area (Å²) in [6, 6.07) is 12.6. The van der Waals surface area contributed by atoms with E-state index >= 15 is 0 Å². The summed E-state index contributed by atoms with van der Waals surface area (Å²) in [6.45, 7) is 0. The molecule has 0 bridgehead atoms. The summed E-state index contributed by atoms with van der Waals surface area (Å²) in [4.78, 5) is 3.55. The van der Waals surface area contributed by atoms with Crippen molar-refractivity contribution in [3.8, 4) is 11.5 Å². The van der Waals surface area contributed by atoms with Crippen LogP contribution in [0.25, 0.3) is 16.3 Å². The lowest BCUT2D eigenvalue weighted by Crippen LogP contribution is -2.29. The van der Waals surface area contributed by atoms with E-state index in [0.29, 0.717) is 5.92 Å². The van der Waals surface area contributed by atoms with Crippen molar-refractivity contribution < 1.29 is 14.0 Å². The number of aromatic nitrogens is 1. The summed E-state index contributed by atoms with van der Waals surface area (Å²) in [5.41, 5.74) is 6.83. The monoisotopic (exact) mass is 515 g/mol. The van der Waals surface area contributed by atoms with Gasteiger partial charge in [0.15, 0.2) is 0 Å². The highest BCUT2D eigenvalue weighted by Gasteiger charge is 2.26. The predicted molar refractivity (Wildman–Crippen MR) is 151 cm³/mol. The third kappa shape index (κ3) is 4.27. The summed E-state index contributed by atoms with van der Waals surface area (Å²) in [7, 11) is 7.77. The molecule has 0 fully saturated rings. The number of methoxy groups -OCH3 is 2. The van der Waals surface area contributed by atoms with Crippen molar-refractivity contribution in [2.24, 2.45) is 13.0 Å². The average Bonchev–Trinajstić information content (AvgIpc) is 3.38. The minimum Gasteiger partial charge on any atom is -0.497 e. The van der Waals surface area contributed by atoms with Gasteiger partial charge in [0, 0.05) is 30.2 Å². The molecule has 0 saturated heterocycles. The van der Waals surface area contributed by atoms with Crippen molar-refractivity contribution in [3.63, 3.8) is 0 Å². The summed E-state index contributed by atoms with van der Waals surface area (Å²) < 4.78 is 14.4. The molecule has 1 aliphatic heterocycles. The maximum Gasteiger partial charge on any atom is 0.262 e. The van der Waals surface area contributed by atoms with Gasteiger partial charge in [-0.05, 0) is 78.7 Å². The topological polar surface area (TPSA) is 25.6 Å². The zero-order valence-electron chi connectivity index (χ0n) is 21.2. The lowest BCUT2D eigenvalue weighted by atomic mass is 9.77. The lowest BCUT2D eigenvalue weighted by molar-refractivity contribution is -0.642. The van der Waals surface area contributed by atoms with Crippen LogP contribution in [0.2, 0.25) is 0 Å². The minimum atomic E-state index is 0.681. The molecule has 0 N–H and O–H groups in total. The Labute approximate surface area is 221 Å². The van der Waals surface area contributed by atoms with Gasteiger partial charge in [-0.1, -0.05) is 35.3 Å². The largest absolute Gasteiger partial charge is 0.497 e. The van der Waals surface area contributed by atoms with E-state index in [-0.39, 0.29) is 0 Å². The van der Waals surface area contributed by atoms with Gasteiger partial charge in [0.1, 0.15) is 23.2 Å². The molecule has 184 valence electrons. The molecule has 36 heavy (non-hydrogen) atoms. The first-order chi connectivity index (χ1) is 17.5. The summed E-state index contributed by atoms with van der Waals surface area (Å²) in [6.07, 6.45) is 14.4. The van der Waals surface area contributed by atoms with Gasteiger partial charge < -0.3 is 14.4 Å². The van der Waals surface area contributed by atoms with E-state index in [1.165, 1.54) is 60.4 Å². The molecule has 0 radical (unpaired) electrons. The molecule has 4 nitrogen and oxygen atoms in total. The second-order valence-corrected chi connectivity index (χ2v) is 11.8. The first-order valence-corrected chi connectivity index (χ1v) is 14.1. The molecule has 6 heteroatoms. The fourth-order valence-corrected chi connectivity index (χ4v) is 7.68. The van der Waals surface area contributed by atoms with E-state index in [4.69, 9.17) is 9.47 Å². The number of anilines is 1. The van der Waals surface area contributed by atoms with Crippen molar-refractivity contribution >= 4 is 45.1 Å². The number of ether oxygens (including phenoxy) is 2. The van der Waals surface area contributed by atoms with Crippen LogP contribution < -0.4 is 18.9 Å². The quantitative estimate of drug-likeness (QED) is 0.341. The van der Waals surface area contributed by atoms with Crippen molar-refractivity contribution in [2.45, 2.75) is 30.6 Å². The number of benzene rings is 2. The van der Waals surface area contributed by atoms with Gasteiger partial charge in [-0.15, -0.1) is 0 Å². The smallest absolute Gasteiger partial charge is 0.262 e. The molecule has 2 aromatic carbocycles. The van der Waals surface area contributed by atoms with Gasteiger partial charge in [-0.3, -0.25) is 0 Å². The Morgan fingerprint density at radius 2 is 1.75 bits per heavy atom. The van der Waals surface area contributed by atoms with Crippen molar-refractivity contribution in [1.29, 1.82) is 0 Å². The van der Waals surface area contributed by atoms with Crippen molar-refractivity contribution in [3.05, 3.63) is 81.4 Å². The molecule has 0 saturated carbocycles. The van der Waals surface area contributed by atoms with Crippen LogP contribution in [0.3, 0.4) is 0 Å². The zero-order valence-corrected chi connectivity index (χ0v) is 22.8. The standard InChI is InChI=1S/C30H31N2O2S2/c1-31-25-11-9-23(33-3)17-27(25)35-29(31)15-19-5-7-21-8-6-20(14-22(21)13-19)16-30-32(2)26-12-10-24(34-4)18-28(26)36-30/h9-18,21H,5-8H2,1-4H3/q+1. The van der Waals surface area contributed by atoms with Crippen LogP contribution in [0.1, 0.15) is 30.7 Å². The Kier molecular flexibility index (Phi) is 6.18. The van der Waals surface area contributed by atoms with Gasteiger partial charge in [0.25, 0.3) is 5.01 Å². The summed E-state index contributed by atoms with van der Waals surface area (Å²) in [5.74, 6) is 2.50. The van der Waals surface area contributed by atoms with Gasteiger partial charge in [-0.25, -0.2) is 0 Å². The maximum absolute atomic E-state index is 5.42. The molecule has 3 aliphatic rings. The molecule has 6 rings (SSSR count). The zero-order chi connectivity index (χ0) is 24.8. The van der Waals surface area contributed by atoms with E-state index in [0.717, 1.165) is 24.3 Å². The van der Waals surface area contributed by atoms with Gasteiger partial charge in [-0.2, -0.15) is 4.57 Å². The van der Waals surface area contributed by atoms with E-state index in [2.05, 4.69) is 72.1 Å². The molecule has 1 unspecified atom stereocenters. The van der Waals surface area contributed by atoms with E-state index in [1.807, 2.05) is 35.2 Å². The van der Waals surface area contributed by atoms with Crippen molar-refractivity contribution in [2.75, 3.05) is 26.2 Å². The number of hydrogen-bond acceptors (Lipinski definition) is 5. The Balaban J connectivity index is 1.28. The molecular weight excluding hydrogens is 484 g/mol. The number of nitrogens with zero attached hydrogens (tertiary/aromatic N) is 2. The second-order valence-electron chi connectivity index (χ2n) is 9.67.